The number of nitrogen functional groups attached to an aromatic ring is 2. The summed E-state index contributed by atoms with van der Waals surface area (Å²) >= 11 is 11.0. The second-order valence-electron chi connectivity index (χ2n) is 2.52. The van der Waals surface area contributed by atoms with E-state index in [0.29, 0.717) is 5.02 Å². The van der Waals surface area contributed by atoms with Gasteiger partial charge in [0.05, 0.1) is 11.4 Å². The van der Waals surface area contributed by atoms with E-state index in [2.05, 4.69) is 0 Å². The highest BCUT2D eigenvalue weighted by Crippen LogP contribution is 2.25. The van der Waals surface area contributed by atoms with Gasteiger partial charge in [-0.15, -0.1) is 11.6 Å². The molecular weight excluding hydrogens is 211 g/mol. The molecular formula is C8H8Cl2N2O. The summed E-state index contributed by atoms with van der Waals surface area (Å²) in [6, 6.07) is 2.94. The van der Waals surface area contributed by atoms with E-state index in [0.717, 1.165) is 0 Å². The Labute approximate surface area is 85.6 Å². The summed E-state index contributed by atoms with van der Waals surface area (Å²) in [6.45, 7) is 0. The lowest BCUT2D eigenvalue weighted by Crippen LogP contribution is -2.08. The van der Waals surface area contributed by atoms with Crippen LogP contribution in [-0.4, -0.2) is 11.7 Å². The minimum Gasteiger partial charge on any atom is -0.398 e. The first-order valence-corrected chi connectivity index (χ1v) is 4.41. The van der Waals surface area contributed by atoms with Crippen LogP contribution in [-0.2, 0) is 0 Å². The van der Waals surface area contributed by atoms with Crippen LogP contribution in [0.2, 0.25) is 5.02 Å². The number of anilines is 2. The Bertz CT molecular complexity index is 329. The molecule has 1 rings (SSSR count). The molecule has 1 aromatic carbocycles. The third-order valence-corrected chi connectivity index (χ3v) is 2.03. The first-order valence-electron chi connectivity index (χ1n) is 3.50. The Morgan fingerprint density at radius 1 is 1.31 bits per heavy atom. The monoisotopic (exact) mass is 218 g/mol. The van der Waals surface area contributed by atoms with Crippen molar-refractivity contribution in [1.82, 2.24) is 0 Å². The maximum absolute atomic E-state index is 11.2. The number of carbonyl (C=O) groups is 1. The number of halogens is 2. The fourth-order valence-corrected chi connectivity index (χ4v) is 1.41. The van der Waals surface area contributed by atoms with Gasteiger partial charge in [-0.1, -0.05) is 11.6 Å². The number of benzene rings is 1. The normalized spacial score (nSPS) is 10.0. The van der Waals surface area contributed by atoms with E-state index in [4.69, 9.17) is 34.7 Å². The second kappa shape index (κ2) is 3.85. The van der Waals surface area contributed by atoms with Crippen molar-refractivity contribution < 1.29 is 4.79 Å². The Balaban J connectivity index is 3.28. The third-order valence-electron chi connectivity index (χ3n) is 1.56. The Kier molecular flexibility index (Phi) is 3.01. The summed E-state index contributed by atoms with van der Waals surface area (Å²) in [4.78, 5) is 11.2. The maximum atomic E-state index is 11.2. The summed E-state index contributed by atoms with van der Waals surface area (Å²) in [5.74, 6) is -0.441. The molecule has 0 amide bonds. The first kappa shape index (κ1) is 10.2. The van der Waals surface area contributed by atoms with E-state index in [1.54, 1.807) is 0 Å². The molecule has 70 valence electrons. The lowest BCUT2D eigenvalue weighted by Gasteiger charge is -2.06. The summed E-state index contributed by atoms with van der Waals surface area (Å²) in [7, 11) is 0. The zero-order valence-corrected chi connectivity index (χ0v) is 8.19. The summed E-state index contributed by atoms with van der Waals surface area (Å²) < 4.78 is 0. The minimum atomic E-state index is -0.298. The highest BCUT2D eigenvalue weighted by Gasteiger charge is 2.12. The maximum Gasteiger partial charge on any atom is 0.181 e. The molecule has 0 aliphatic carbocycles. The number of ketones is 1. The Morgan fingerprint density at radius 3 is 2.15 bits per heavy atom. The molecule has 13 heavy (non-hydrogen) atoms. The van der Waals surface area contributed by atoms with Gasteiger partial charge in [-0.3, -0.25) is 4.79 Å². The third kappa shape index (κ3) is 2.05. The van der Waals surface area contributed by atoms with Crippen LogP contribution in [0.15, 0.2) is 12.1 Å². The van der Waals surface area contributed by atoms with Crippen LogP contribution in [0.5, 0.6) is 0 Å². The molecule has 0 radical (unpaired) electrons. The van der Waals surface area contributed by atoms with Crippen molar-refractivity contribution in [3.8, 4) is 0 Å². The molecule has 0 unspecified atom stereocenters. The van der Waals surface area contributed by atoms with Gasteiger partial charge in [0.2, 0.25) is 0 Å². The lowest BCUT2D eigenvalue weighted by atomic mass is 10.1. The van der Waals surface area contributed by atoms with Crippen molar-refractivity contribution in [3.05, 3.63) is 22.7 Å². The van der Waals surface area contributed by atoms with Crippen LogP contribution in [0, 0.1) is 0 Å². The van der Waals surface area contributed by atoms with Gasteiger partial charge in [-0.2, -0.15) is 0 Å². The predicted molar refractivity (Wildman–Crippen MR) is 55.3 cm³/mol. The average molecular weight is 219 g/mol. The van der Waals surface area contributed by atoms with Crippen LogP contribution in [0.1, 0.15) is 10.4 Å². The fourth-order valence-electron chi connectivity index (χ4n) is 1.04. The average Bonchev–Trinajstić information content (AvgIpc) is 2.02. The molecule has 0 bridgehead atoms. The standard InChI is InChI=1S/C8H8Cl2N2O/c9-3-7(13)8-5(11)1-4(10)2-6(8)12/h1-2H,3,11-12H2. The molecule has 0 saturated heterocycles. The largest absolute Gasteiger partial charge is 0.398 e. The van der Waals surface area contributed by atoms with Gasteiger partial charge < -0.3 is 11.5 Å². The van der Waals surface area contributed by atoms with Crippen molar-refractivity contribution in [2.24, 2.45) is 0 Å². The smallest absolute Gasteiger partial charge is 0.181 e. The summed E-state index contributed by atoms with van der Waals surface area (Å²) in [5, 5.41) is 0.404. The molecule has 3 nitrogen and oxygen atoms in total. The van der Waals surface area contributed by atoms with Crippen molar-refractivity contribution >= 4 is 40.4 Å². The molecule has 4 N–H and O–H groups in total. The highest BCUT2D eigenvalue weighted by molar-refractivity contribution is 6.33. The van der Waals surface area contributed by atoms with Crippen molar-refractivity contribution in [2.75, 3.05) is 17.3 Å². The van der Waals surface area contributed by atoms with Crippen LogP contribution >= 0.6 is 23.2 Å². The quantitative estimate of drug-likeness (QED) is 0.453. The first-order chi connectivity index (χ1) is 6.06. The molecule has 0 fully saturated rings. The number of Topliss-reactive ketones (excluding diaryl/α,β-unsaturated/α-hetero) is 1. The van der Waals surface area contributed by atoms with E-state index in [1.807, 2.05) is 0 Å². The van der Waals surface area contributed by atoms with Gasteiger partial charge in [-0.05, 0) is 12.1 Å². The Hall–Kier alpha value is -0.930. The topological polar surface area (TPSA) is 69.1 Å². The van der Waals surface area contributed by atoms with Gasteiger partial charge in [0, 0.05) is 16.4 Å². The number of nitrogens with two attached hydrogens (primary N) is 2. The van der Waals surface area contributed by atoms with Crippen LogP contribution in [0.3, 0.4) is 0 Å². The van der Waals surface area contributed by atoms with Crippen LogP contribution in [0.4, 0.5) is 11.4 Å². The molecule has 0 heterocycles. The van der Waals surface area contributed by atoms with E-state index >= 15 is 0 Å². The zero-order chi connectivity index (χ0) is 10.0. The summed E-state index contributed by atoms with van der Waals surface area (Å²) in [6.07, 6.45) is 0. The van der Waals surface area contributed by atoms with Gasteiger partial charge in [0.25, 0.3) is 0 Å². The zero-order valence-electron chi connectivity index (χ0n) is 6.68. The second-order valence-corrected chi connectivity index (χ2v) is 3.22. The molecule has 0 aromatic heterocycles. The van der Waals surface area contributed by atoms with Crippen molar-refractivity contribution in [2.45, 2.75) is 0 Å². The van der Waals surface area contributed by atoms with Gasteiger partial charge in [0.15, 0.2) is 5.78 Å². The molecule has 5 heteroatoms. The van der Waals surface area contributed by atoms with Gasteiger partial charge in [-0.25, -0.2) is 0 Å². The minimum absolute atomic E-state index is 0.143. The van der Waals surface area contributed by atoms with E-state index < -0.39 is 0 Å². The van der Waals surface area contributed by atoms with E-state index in [1.165, 1.54) is 12.1 Å². The number of rotatable bonds is 2. The lowest BCUT2D eigenvalue weighted by molar-refractivity contribution is 0.102. The number of carbonyl (C=O) groups excluding carboxylic acids is 1. The van der Waals surface area contributed by atoms with Crippen LogP contribution in [0.25, 0.3) is 0 Å². The molecule has 0 spiro atoms. The molecule has 0 saturated carbocycles. The van der Waals surface area contributed by atoms with Gasteiger partial charge in [0.1, 0.15) is 0 Å². The van der Waals surface area contributed by atoms with E-state index in [9.17, 15) is 4.79 Å². The van der Waals surface area contributed by atoms with Crippen molar-refractivity contribution in [1.29, 1.82) is 0 Å². The fraction of sp³-hybridized carbons (Fsp3) is 0.125. The highest BCUT2D eigenvalue weighted by atomic mass is 35.5. The predicted octanol–water partition coefficient (Wildman–Crippen LogP) is 1.93. The van der Waals surface area contributed by atoms with Gasteiger partial charge >= 0.3 is 0 Å². The molecule has 1 aromatic rings. The van der Waals surface area contributed by atoms with Crippen LogP contribution < -0.4 is 11.5 Å². The van der Waals surface area contributed by atoms with E-state index in [-0.39, 0.29) is 28.6 Å². The number of hydrogen-bond donors (Lipinski definition) is 2. The molecule has 0 atom stereocenters. The Morgan fingerprint density at radius 2 is 1.77 bits per heavy atom. The SMILES string of the molecule is Nc1cc(Cl)cc(N)c1C(=O)CCl. The number of hydrogen-bond acceptors (Lipinski definition) is 3. The van der Waals surface area contributed by atoms with Crippen molar-refractivity contribution in [3.63, 3.8) is 0 Å². The molecule has 0 aliphatic heterocycles. The number of alkyl halides is 1. The summed E-state index contributed by atoms with van der Waals surface area (Å²) in [5.41, 5.74) is 11.9. The molecule has 0 aliphatic rings.